The zero-order valence-corrected chi connectivity index (χ0v) is 11.3. The van der Waals surface area contributed by atoms with Crippen LogP contribution >= 0.6 is 15.9 Å². The van der Waals surface area contributed by atoms with Crippen molar-refractivity contribution in [3.8, 4) is 0 Å². The maximum atomic E-state index is 4.33. The van der Waals surface area contributed by atoms with Gasteiger partial charge in [0.15, 0.2) is 5.65 Å². The van der Waals surface area contributed by atoms with Crippen LogP contribution in [0, 0.1) is 0 Å². The molecule has 0 atom stereocenters. The third kappa shape index (κ3) is 2.02. The lowest BCUT2D eigenvalue weighted by atomic mass is 10.3. The molecule has 0 amide bonds. The largest absolute Gasteiger partial charge is 0.366 e. The lowest BCUT2D eigenvalue weighted by Gasteiger charge is -2.34. The average molecular weight is 296 g/mol. The fourth-order valence-corrected chi connectivity index (χ4v) is 2.57. The van der Waals surface area contributed by atoms with Crippen LogP contribution in [0.1, 0.15) is 0 Å². The summed E-state index contributed by atoms with van der Waals surface area (Å²) in [6.07, 6.45) is 3.53. The predicted molar refractivity (Wildman–Crippen MR) is 70.4 cm³/mol. The van der Waals surface area contributed by atoms with Gasteiger partial charge in [0.05, 0.1) is 5.69 Å². The minimum absolute atomic E-state index is 0.928. The molecule has 2 aromatic heterocycles. The zero-order chi connectivity index (χ0) is 11.8. The van der Waals surface area contributed by atoms with Crippen molar-refractivity contribution in [3.63, 3.8) is 0 Å². The minimum Gasteiger partial charge on any atom is -0.366 e. The number of fused-ring (bicyclic) bond motifs is 1. The Hall–Kier alpha value is -1.14. The van der Waals surface area contributed by atoms with Crippen LogP contribution in [0.25, 0.3) is 5.65 Å². The zero-order valence-electron chi connectivity index (χ0n) is 9.67. The summed E-state index contributed by atoms with van der Waals surface area (Å²) in [6, 6.07) is 2.12. The molecule has 1 aliphatic heterocycles. The summed E-state index contributed by atoms with van der Waals surface area (Å²) in [6.45, 7) is 4.25. The van der Waals surface area contributed by atoms with E-state index in [1.807, 2.05) is 10.7 Å². The van der Waals surface area contributed by atoms with Crippen molar-refractivity contribution < 1.29 is 0 Å². The minimum atomic E-state index is 0.928. The number of likely N-dealkylation sites (N-methyl/N-ethyl adjacent to an activating group) is 1. The molecule has 0 aliphatic carbocycles. The summed E-state index contributed by atoms with van der Waals surface area (Å²) >= 11 is 3.52. The monoisotopic (exact) mass is 295 g/mol. The fourth-order valence-electron chi connectivity index (χ4n) is 2.16. The molecule has 5 nitrogen and oxygen atoms in total. The van der Waals surface area contributed by atoms with Crippen LogP contribution in [0.15, 0.2) is 23.1 Å². The lowest BCUT2D eigenvalue weighted by Crippen LogP contribution is -2.44. The molecule has 1 fully saturated rings. The van der Waals surface area contributed by atoms with Gasteiger partial charge in [0.1, 0.15) is 6.33 Å². The van der Waals surface area contributed by atoms with Crippen molar-refractivity contribution in [2.45, 2.75) is 0 Å². The van der Waals surface area contributed by atoms with Crippen molar-refractivity contribution >= 4 is 27.3 Å². The number of anilines is 1. The Labute approximate surface area is 108 Å². The maximum Gasteiger partial charge on any atom is 0.178 e. The van der Waals surface area contributed by atoms with Crippen molar-refractivity contribution in [1.29, 1.82) is 0 Å². The van der Waals surface area contributed by atoms with E-state index >= 15 is 0 Å². The number of piperazine rings is 1. The molecule has 0 N–H and O–H groups in total. The molecule has 6 heteroatoms. The first kappa shape index (κ1) is 11.0. The molecule has 1 aliphatic rings. The van der Waals surface area contributed by atoms with Crippen molar-refractivity contribution in [3.05, 3.63) is 23.1 Å². The van der Waals surface area contributed by atoms with Crippen LogP contribution in [-0.2, 0) is 0 Å². The first-order valence-corrected chi connectivity index (χ1v) is 6.46. The SMILES string of the molecule is CN1CCN(c2cc(Br)cn3ncnc23)CC1. The van der Waals surface area contributed by atoms with E-state index in [1.165, 1.54) is 0 Å². The number of hydrogen-bond acceptors (Lipinski definition) is 4. The number of rotatable bonds is 1. The predicted octanol–water partition coefficient (Wildman–Crippen LogP) is 1.24. The van der Waals surface area contributed by atoms with Crippen molar-refractivity contribution in [1.82, 2.24) is 19.5 Å². The highest BCUT2D eigenvalue weighted by molar-refractivity contribution is 9.10. The van der Waals surface area contributed by atoms with Gasteiger partial charge in [0.25, 0.3) is 0 Å². The topological polar surface area (TPSA) is 36.7 Å². The van der Waals surface area contributed by atoms with Gasteiger partial charge in [-0.2, -0.15) is 5.10 Å². The van der Waals surface area contributed by atoms with E-state index in [1.54, 1.807) is 6.33 Å². The van der Waals surface area contributed by atoms with Crippen LogP contribution in [0.5, 0.6) is 0 Å². The smallest absolute Gasteiger partial charge is 0.178 e. The molecule has 0 unspecified atom stereocenters. The Morgan fingerprint density at radius 1 is 1.24 bits per heavy atom. The van der Waals surface area contributed by atoms with Gasteiger partial charge >= 0.3 is 0 Å². The Balaban J connectivity index is 2.01. The maximum absolute atomic E-state index is 4.33. The molecule has 0 radical (unpaired) electrons. The number of aromatic nitrogens is 3. The quantitative estimate of drug-likeness (QED) is 0.793. The fraction of sp³-hybridized carbons (Fsp3) is 0.455. The van der Waals surface area contributed by atoms with Gasteiger partial charge < -0.3 is 9.80 Å². The van der Waals surface area contributed by atoms with E-state index in [2.05, 4.69) is 48.9 Å². The summed E-state index contributed by atoms with van der Waals surface area (Å²) in [5.41, 5.74) is 2.09. The van der Waals surface area contributed by atoms with E-state index in [0.29, 0.717) is 0 Å². The second-order valence-electron chi connectivity index (χ2n) is 4.36. The molecule has 2 aromatic rings. The second-order valence-corrected chi connectivity index (χ2v) is 5.28. The highest BCUT2D eigenvalue weighted by Crippen LogP contribution is 2.25. The molecule has 0 saturated carbocycles. The van der Waals surface area contributed by atoms with Gasteiger partial charge in [-0.1, -0.05) is 0 Å². The lowest BCUT2D eigenvalue weighted by molar-refractivity contribution is 0.313. The molecular weight excluding hydrogens is 282 g/mol. The van der Waals surface area contributed by atoms with Gasteiger partial charge in [-0.15, -0.1) is 0 Å². The standard InChI is InChI=1S/C11H14BrN5/c1-15-2-4-16(5-3-15)10-6-9(12)7-17-11(10)13-8-14-17/h6-8H,2-5H2,1H3. The van der Waals surface area contributed by atoms with E-state index in [-0.39, 0.29) is 0 Å². The van der Waals surface area contributed by atoms with Crippen LogP contribution in [0.3, 0.4) is 0 Å². The molecule has 90 valence electrons. The van der Waals surface area contributed by atoms with Gasteiger partial charge in [-0.3, -0.25) is 0 Å². The van der Waals surface area contributed by atoms with Crippen LogP contribution < -0.4 is 4.90 Å². The number of nitrogens with zero attached hydrogens (tertiary/aromatic N) is 5. The van der Waals surface area contributed by atoms with Crippen molar-refractivity contribution in [2.24, 2.45) is 0 Å². The molecule has 1 saturated heterocycles. The Morgan fingerprint density at radius 3 is 2.76 bits per heavy atom. The highest BCUT2D eigenvalue weighted by Gasteiger charge is 2.18. The third-order valence-corrected chi connectivity index (χ3v) is 3.60. The Morgan fingerprint density at radius 2 is 2.00 bits per heavy atom. The summed E-state index contributed by atoms with van der Waals surface area (Å²) in [4.78, 5) is 9.04. The van der Waals surface area contributed by atoms with E-state index in [4.69, 9.17) is 0 Å². The van der Waals surface area contributed by atoms with Gasteiger partial charge in [-0.05, 0) is 29.0 Å². The average Bonchev–Trinajstić information content (AvgIpc) is 2.77. The van der Waals surface area contributed by atoms with Crippen LogP contribution in [0.4, 0.5) is 5.69 Å². The first-order valence-electron chi connectivity index (χ1n) is 5.66. The van der Waals surface area contributed by atoms with Gasteiger partial charge in [-0.25, -0.2) is 9.50 Å². The van der Waals surface area contributed by atoms with E-state index in [9.17, 15) is 0 Å². The molecule has 0 aromatic carbocycles. The normalized spacial score (nSPS) is 17.9. The Kier molecular flexibility index (Phi) is 2.76. The number of pyridine rings is 1. The molecule has 0 bridgehead atoms. The van der Waals surface area contributed by atoms with Crippen LogP contribution in [-0.4, -0.2) is 52.7 Å². The summed E-state index contributed by atoms with van der Waals surface area (Å²) < 4.78 is 2.85. The molecular formula is C11H14BrN5. The molecule has 3 heterocycles. The van der Waals surface area contributed by atoms with E-state index < -0.39 is 0 Å². The Bertz CT molecular complexity index is 530. The first-order chi connectivity index (χ1) is 8.24. The van der Waals surface area contributed by atoms with Crippen molar-refractivity contribution in [2.75, 3.05) is 38.1 Å². The number of halogens is 1. The highest BCUT2D eigenvalue weighted by atomic mass is 79.9. The second kappa shape index (κ2) is 4.27. The molecule has 3 rings (SSSR count). The third-order valence-electron chi connectivity index (χ3n) is 3.17. The summed E-state index contributed by atoms with van der Waals surface area (Å²) in [7, 11) is 2.16. The number of hydrogen-bond donors (Lipinski definition) is 0. The van der Waals surface area contributed by atoms with Gasteiger partial charge in [0.2, 0.25) is 0 Å². The van der Waals surface area contributed by atoms with Gasteiger partial charge in [0, 0.05) is 36.8 Å². The summed E-state index contributed by atoms with van der Waals surface area (Å²) in [5.74, 6) is 0. The molecule has 0 spiro atoms. The summed E-state index contributed by atoms with van der Waals surface area (Å²) in [5, 5.41) is 4.19. The van der Waals surface area contributed by atoms with E-state index in [0.717, 1.165) is 42.0 Å². The molecule has 17 heavy (non-hydrogen) atoms. The van der Waals surface area contributed by atoms with Crippen LogP contribution in [0.2, 0.25) is 0 Å².